The SMILES string of the molecule is CCCCOc1nc(N)c2[nH]c(=O)n(CC3=C(OC)CC(CN4CCNCC4)C=C3)c2n1. The van der Waals surface area contributed by atoms with Gasteiger partial charge in [-0.05, 0) is 12.3 Å². The highest BCUT2D eigenvalue weighted by Gasteiger charge is 2.22. The van der Waals surface area contributed by atoms with Gasteiger partial charge in [0, 0.05) is 44.7 Å². The van der Waals surface area contributed by atoms with Gasteiger partial charge in [-0.2, -0.15) is 9.97 Å². The molecule has 1 aliphatic carbocycles. The largest absolute Gasteiger partial charge is 0.501 e. The molecule has 4 rings (SSSR count). The standard InChI is InChI=1S/C22H33N7O3/c1-3-4-11-32-21-26-19(23)18-20(27-21)29(22(30)25-18)14-16-6-5-15(12-17(16)31-2)13-28-9-7-24-8-10-28/h5-6,15,24H,3-4,7-14H2,1-2H3,(H,25,30)(H2,23,26,27). The Labute approximate surface area is 187 Å². The van der Waals surface area contributed by atoms with Crippen LogP contribution in [0.1, 0.15) is 26.2 Å². The van der Waals surface area contributed by atoms with Crippen molar-refractivity contribution in [1.82, 2.24) is 29.7 Å². The first-order valence-corrected chi connectivity index (χ1v) is 11.3. The number of anilines is 1. The van der Waals surface area contributed by atoms with Crippen molar-refractivity contribution in [2.24, 2.45) is 5.92 Å². The van der Waals surface area contributed by atoms with Crippen molar-refractivity contribution in [3.8, 4) is 6.01 Å². The molecule has 1 aliphatic heterocycles. The van der Waals surface area contributed by atoms with E-state index in [1.54, 1.807) is 11.7 Å². The second kappa shape index (κ2) is 10.2. The second-order valence-electron chi connectivity index (χ2n) is 8.33. The third kappa shape index (κ3) is 4.97. The number of aromatic amines is 1. The minimum absolute atomic E-state index is 0.187. The van der Waals surface area contributed by atoms with Crippen LogP contribution in [0.4, 0.5) is 5.82 Å². The number of nitrogens with two attached hydrogens (primary N) is 1. The lowest BCUT2D eigenvalue weighted by Gasteiger charge is -2.31. The number of unbranched alkanes of at least 4 members (excludes halogenated alkanes) is 1. The Kier molecular flexibility index (Phi) is 7.11. The van der Waals surface area contributed by atoms with E-state index in [1.165, 1.54) is 0 Å². The molecule has 10 nitrogen and oxygen atoms in total. The van der Waals surface area contributed by atoms with E-state index in [2.05, 4.69) is 44.2 Å². The summed E-state index contributed by atoms with van der Waals surface area (Å²) in [4.78, 5) is 26.6. The molecule has 10 heteroatoms. The first kappa shape index (κ1) is 22.3. The molecule has 4 N–H and O–H groups in total. The number of hydrogen-bond donors (Lipinski definition) is 3. The highest BCUT2D eigenvalue weighted by Crippen LogP contribution is 2.27. The van der Waals surface area contributed by atoms with Crippen molar-refractivity contribution in [3.05, 3.63) is 34.0 Å². The molecular weight excluding hydrogens is 410 g/mol. The Bertz CT molecular complexity index is 1050. The van der Waals surface area contributed by atoms with Crippen LogP contribution in [0.15, 0.2) is 28.3 Å². The zero-order valence-corrected chi connectivity index (χ0v) is 18.9. The molecule has 2 aliphatic rings. The second-order valence-corrected chi connectivity index (χ2v) is 8.33. The number of ether oxygens (including phenoxy) is 2. The number of nitrogen functional groups attached to an aromatic ring is 1. The third-order valence-corrected chi connectivity index (χ3v) is 6.01. The molecule has 2 aromatic rings. The molecule has 0 saturated carbocycles. The number of methoxy groups -OCH3 is 1. The Morgan fingerprint density at radius 2 is 2.09 bits per heavy atom. The van der Waals surface area contributed by atoms with Crippen molar-refractivity contribution in [1.29, 1.82) is 0 Å². The average molecular weight is 444 g/mol. The van der Waals surface area contributed by atoms with E-state index >= 15 is 0 Å². The number of imidazole rings is 1. The summed E-state index contributed by atoms with van der Waals surface area (Å²) in [5.41, 5.74) is 7.60. The van der Waals surface area contributed by atoms with Crippen LogP contribution in [0, 0.1) is 5.92 Å². The summed E-state index contributed by atoms with van der Waals surface area (Å²) in [7, 11) is 1.69. The van der Waals surface area contributed by atoms with Crippen LogP contribution in [-0.2, 0) is 11.3 Å². The van der Waals surface area contributed by atoms with E-state index in [9.17, 15) is 4.79 Å². The molecule has 0 aromatic carbocycles. The normalized spacial score (nSPS) is 19.6. The van der Waals surface area contributed by atoms with E-state index in [0.717, 1.165) is 63.3 Å². The molecule has 0 bridgehead atoms. The minimum atomic E-state index is -0.286. The first-order chi connectivity index (χ1) is 15.6. The summed E-state index contributed by atoms with van der Waals surface area (Å²) in [5, 5.41) is 3.39. The Balaban J connectivity index is 1.54. The van der Waals surface area contributed by atoms with Gasteiger partial charge in [0.2, 0.25) is 0 Å². The average Bonchev–Trinajstić information content (AvgIpc) is 3.11. The van der Waals surface area contributed by atoms with Crippen LogP contribution in [-0.4, -0.2) is 70.9 Å². The van der Waals surface area contributed by atoms with Gasteiger partial charge in [0.05, 0.1) is 20.3 Å². The number of H-pyrrole nitrogens is 1. The van der Waals surface area contributed by atoms with Gasteiger partial charge in [-0.3, -0.25) is 4.57 Å². The molecule has 1 fully saturated rings. The fourth-order valence-electron chi connectivity index (χ4n) is 4.21. The molecule has 0 amide bonds. The predicted octanol–water partition coefficient (Wildman–Crippen LogP) is 1.26. The lowest BCUT2D eigenvalue weighted by molar-refractivity contribution is 0.200. The zero-order valence-electron chi connectivity index (χ0n) is 18.9. The molecule has 1 saturated heterocycles. The molecule has 0 radical (unpaired) electrons. The fourth-order valence-corrected chi connectivity index (χ4v) is 4.21. The van der Waals surface area contributed by atoms with E-state index in [0.29, 0.717) is 30.2 Å². The van der Waals surface area contributed by atoms with Gasteiger partial charge in [0.1, 0.15) is 11.3 Å². The number of allylic oxidation sites excluding steroid dienone is 3. The van der Waals surface area contributed by atoms with Crippen LogP contribution in [0.3, 0.4) is 0 Å². The van der Waals surface area contributed by atoms with Crippen LogP contribution in [0.2, 0.25) is 0 Å². The predicted molar refractivity (Wildman–Crippen MR) is 124 cm³/mol. The molecule has 3 heterocycles. The fraction of sp³-hybridized carbons (Fsp3) is 0.591. The lowest BCUT2D eigenvalue weighted by Crippen LogP contribution is -2.45. The van der Waals surface area contributed by atoms with Crippen LogP contribution in [0.5, 0.6) is 6.01 Å². The topological polar surface area (TPSA) is 123 Å². The summed E-state index contributed by atoms with van der Waals surface area (Å²) in [6.45, 7) is 8.14. The number of nitrogens with one attached hydrogen (secondary N) is 2. The quantitative estimate of drug-likeness (QED) is 0.495. The van der Waals surface area contributed by atoms with Gasteiger partial charge in [-0.25, -0.2) is 4.79 Å². The number of hydrogen-bond acceptors (Lipinski definition) is 8. The van der Waals surface area contributed by atoms with Gasteiger partial charge in [0.25, 0.3) is 0 Å². The van der Waals surface area contributed by atoms with Gasteiger partial charge in [-0.15, -0.1) is 0 Å². The monoisotopic (exact) mass is 443 g/mol. The number of rotatable bonds is 9. The molecule has 2 aromatic heterocycles. The maximum Gasteiger partial charge on any atom is 0.328 e. The minimum Gasteiger partial charge on any atom is -0.501 e. The van der Waals surface area contributed by atoms with Crippen molar-refractivity contribution in [3.63, 3.8) is 0 Å². The summed E-state index contributed by atoms with van der Waals surface area (Å²) < 4.78 is 12.9. The first-order valence-electron chi connectivity index (χ1n) is 11.3. The highest BCUT2D eigenvalue weighted by atomic mass is 16.5. The van der Waals surface area contributed by atoms with E-state index in [-0.39, 0.29) is 17.5 Å². The lowest BCUT2D eigenvalue weighted by atomic mass is 9.94. The maximum atomic E-state index is 12.7. The van der Waals surface area contributed by atoms with Gasteiger partial charge in [-0.1, -0.05) is 25.5 Å². The van der Waals surface area contributed by atoms with E-state index < -0.39 is 0 Å². The van der Waals surface area contributed by atoms with Crippen molar-refractivity contribution < 1.29 is 9.47 Å². The Hall–Kier alpha value is -2.85. The van der Waals surface area contributed by atoms with Crippen LogP contribution in [0.25, 0.3) is 11.2 Å². The van der Waals surface area contributed by atoms with Crippen molar-refractivity contribution in [2.45, 2.75) is 32.7 Å². The van der Waals surface area contributed by atoms with Crippen LogP contribution < -0.4 is 21.5 Å². The van der Waals surface area contributed by atoms with Gasteiger partial charge in [0.15, 0.2) is 11.5 Å². The summed E-state index contributed by atoms with van der Waals surface area (Å²) in [6.07, 6.45) is 7.01. The summed E-state index contributed by atoms with van der Waals surface area (Å²) >= 11 is 0. The highest BCUT2D eigenvalue weighted by molar-refractivity contribution is 5.82. The van der Waals surface area contributed by atoms with Gasteiger partial charge >= 0.3 is 11.7 Å². The third-order valence-electron chi connectivity index (χ3n) is 6.01. The molecule has 0 spiro atoms. The Morgan fingerprint density at radius 3 is 2.84 bits per heavy atom. The molecule has 32 heavy (non-hydrogen) atoms. The molecule has 1 atom stereocenters. The summed E-state index contributed by atoms with van der Waals surface area (Å²) in [5.74, 6) is 1.49. The van der Waals surface area contributed by atoms with E-state index in [1.807, 2.05) is 0 Å². The molecular formula is C22H33N7O3. The molecule has 174 valence electrons. The van der Waals surface area contributed by atoms with Crippen molar-refractivity contribution in [2.75, 3.05) is 52.2 Å². The summed E-state index contributed by atoms with van der Waals surface area (Å²) in [6, 6.07) is 0.187. The Morgan fingerprint density at radius 1 is 1.28 bits per heavy atom. The zero-order chi connectivity index (χ0) is 22.5. The smallest absolute Gasteiger partial charge is 0.328 e. The van der Waals surface area contributed by atoms with Gasteiger partial charge < -0.3 is 30.4 Å². The van der Waals surface area contributed by atoms with Crippen molar-refractivity contribution >= 4 is 17.0 Å². The maximum absolute atomic E-state index is 12.7. The number of fused-ring (bicyclic) bond motifs is 1. The van der Waals surface area contributed by atoms with Crippen LogP contribution >= 0.6 is 0 Å². The molecule has 1 unspecified atom stereocenters. The number of piperazine rings is 1. The van der Waals surface area contributed by atoms with E-state index in [4.69, 9.17) is 15.2 Å². The number of aromatic nitrogens is 4. The number of nitrogens with zero attached hydrogens (tertiary/aromatic N) is 4.